The average Bonchev–Trinajstić information content (AvgIpc) is 2.26. The van der Waals surface area contributed by atoms with Crippen LogP contribution in [-0.4, -0.2) is 24.5 Å². The van der Waals surface area contributed by atoms with E-state index < -0.39 is 14.7 Å². The lowest BCUT2D eigenvalue weighted by molar-refractivity contribution is 0.341. The standard InChI is InChI=1S/C11H22O4P2/c1-5-16(4,13)15-17(14,6-2)10-8-11(3)7-9-12/h5-7,12H,8-10H2,1-4H3/q+2/b11-7-. The van der Waals surface area contributed by atoms with Crippen molar-refractivity contribution in [3.63, 3.8) is 0 Å². The molecule has 2 atom stereocenters. The summed E-state index contributed by atoms with van der Waals surface area (Å²) < 4.78 is 29.4. The summed E-state index contributed by atoms with van der Waals surface area (Å²) in [7, 11) is -5.83. The Morgan fingerprint density at radius 3 is 2.35 bits per heavy atom. The topological polar surface area (TPSA) is 63.6 Å². The van der Waals surface area contributed by atoms with Gasteiger partial charge in [-0.15, -0.1) is 0 Å². The molecule has 0 amide bonds. The molecule has 0 fully saturated rings. The van der Waals surface area contributed by atoms with Crippen LogP contribution in [0.5, 0.6) is 0 Å². The van der Waals surface area contributed by atoms with Crippen LogP contribution in [0.25, 0.3) is 0 Å². The lowest BCUT2D eigenvalue weighted by Gasteiger charge is -2.10. The van der Waals surface area contributed by atoms with E-state index in [1.165, 1.54) is 19.0 Å². The number of hydrogen-bond acceptors (Lipinski definition) is 4. The van der Waals surface area contributed by atoms with Crippen molar-refractivity contribution in [2.45, 2.75) is 27.2 Å². The Morgan fingerprint density at radius 2 is 1.94 bits per heavy atom. The monoisotopic (exact) mass is 280 g/mol. The van der Waals surface area contributed by atoms with E-state index in [0.717, 1.165) is 5.57 Å². The minimum Gasteiger partial charge on any atom is -0.392 e. The van der Waals surface area contributed by atoms with Crippen LogP contribution in [0.15, 0.2) is 11.6 Å². The molecule has 0 aliphatic carbocycles. The highest BCUT2D eigenvalue weighted by Gasteiger charge is 2.40. The van der Waals surface area contributed by atoms with E-state index in [2.05, 4.69) is 0 Å². The molecule has 0 rings (SSSR count). The molecular weight excluding hydrogens is 258 g/mol. The minimum absolute atomic E-state index is 0.0260. The van der Waals surface area contributed by atoms with E-state index in [-0.39, 0.29) is 6.61 Å². The van der Waals surface area contributed by atoms with E-state index in [9.17, 15) is 9.13 Å². The smallest absolute Gasteiger partial charge is 0.378 e. The van der Waals surface area contributed by atoms with E-state index in [1.807, 2.05) is 6.92 Å². The highest BCUT2D eigenvalue weighted by Crippen LogP contribution is 2.64. The van der Waals surface area contributed by atoms with Gasteiger partial charge in [-0.05, 0) is 13.3 Å². The summed E-state index contributed by atoms with van der Waals surface area (Å²) in [6, 6.07) is 0. The molecule has 4 nitrogen and oxygen atoms in total. The largest absolute Gasteiger partial charge is 0.392 e. The second kappa shape index (κ2) is 7.33. The van der Waals surface area contributed by atoms with Crippen LogP contribution in [0.2, 0.25) is 0 Å². The first kappa shape index (κ1) is 16.9. The van der Waals surface area contributed by atoms with Gasteiger partial charge in [0.05, 0.1) is 33.3 Å². The molecular formula is C11H22O4P2+2. The quantitative estimate of drug-likeness (QED) is 0.416. The molecule has 0 radical (unpaired) electrons. The highest BCUT2D eigenvalue weighted by molar-refractivity contribution is 7.73. The zero-order valence-corrected chi connectivity index (χ0v) is 12.7. The fourth-order valence-electron chi connectivity index (χ4n) is 1.13. The van der Waals surface area contributed by atoms with E-state index in [0.29, 0.717) is 12.6 Å². The molecule has 0 aromatic rings. The van der Waals surface area contributed by atoms with Crippen LogP contribution in [0.4, 0.5) is 0 Å². The highest BCUT2D eigenvalue weighted by atomic mass is 31.2. The average molecular weight is 280 g/mol. The van der Waals surface area contributed by atoms with Crippen LogP contribution < -0.4 is 0 Å². The van der Waals surface area contributed by atoms with E-state index in [4.69, 9.17) is 9.42 Å². The zero-order valence-electron chi connectivity index (χ0n) is 10.9. The lowest BCUT2D eigenvalue weighted by atomic mass is 10.2. The molecule has 0 aromatic heterocycles. The normalized spacial score (nSPS) is 19.2. The number of rotatable bonds is 8. The Balaban J connectivity index is 4.55. The summed E-state index contributed by atoms with van der Waals surface area (Å²) in [5, 5.41) is 8.71. The molecule has 98 valence electrons. The van der Waals surface area contributed by atoms with Crippen molar-refractivity contribution < 1.29 is 18.5 Å². The van der Waals surface area contributed by atoms with Gasteiger partial charge in [0.1, 0.15) is 0 Å². The van der Waals surface area contributed by atoms with Crippen molar-refractivity contribution in [2.75, 3.05) is 19.4 Å². The first-order valence-corrected chi connectivity index (χ1v) is 9.55. The maximum absolute atomic E-state index is 12.3. The molecule has 17 heavy (non-hydrogen) atoms. The summed E-state index contributed by atoms with van der Waals surface area (Å²) in [5.41, 5.74) is 0.949. The summed E-state index contributed by atoms with van der Waals surface area (Å²) in [6.45, 7) is 6.58. The molecule has 1 N–H and O–H groups in total. The summed E-state index contributed by atoms with van der Waals surface area (Å²) in [5.74, 6) is 0. The van der Waals surface area contributed by atoms with Gasteiger partial charge in [-0.25, -0.2) is 13.4 Å². The maximum Gasteiger partial charge on any atom is 0.378 e. The molecule has 0 bridgehead atoms. The van der Waals surface area contributed by atoms with Crippen molar-refractivity contribution in [2.24, 2.45) is 0 Å². The first-order chi connectivity index (χ1) is 7.78. The lowest BCUT2D eigenvalue weighted by Crippen LogP contribution is -1.95. The molecule has 0 aliphatic rings. The van der Waals surface area contributed by atoms with Crippen LogP contribution in [0.1, 0.15) is 27.2 Å². The van der Waals surface area contributed by atoms with Gasteiger partial charge in [-0.2, -0.15) is 0 Å². The molecule has 2 unspecified atom stereocenters. The SMILES string of the molecule is C[CH+]P(C)(=O)OP(=O)([CH+]C)CC/C(C)=C\CO. The Morgan fingerprint density at radius 1 is 1.35 bits per heavy atom. The second-order valence-corrected chi connectivity index (χ2v) is 9.34. The van der Waals surface area contributed by atoms with Gasteiger partial charge < -0.3 is 5.11 Å². The number of hydrogen-bond donors (Lipinski definition) is 1. The van der Waals surface area contributed by atoms with Crippen LogP contribution >= 0.6 is 14.7 Å². The summed E-state index contributed by atoms with van der Waals surface area (Å²) in [4.78, 5) is 0. The Hall–Kier alpha value is -0.140. The molecule has 0 spiro atoms. The summed E-state index contributed by atoms with van der Waals surface area (Å²) in [6.07, 6.45) is 5.50. The molecule has 0 heterocycles. The summed E-state index contributed by atoms with van der Waals surface area (Å²) >= 11 is 0. The molecule has 0 aromatic carbocycles. The van der Waals surface area contributed by atoms with Crippen molar-refractivity contribution >= 4 is 14.7 Å². The Bertz CT molecular complexity index is 349. The number of aliphatic hydroxyl groups is 1. The first-order valence-electron chi connectivity index (χ1n) is 5.53. The van der Waals surface area contributed by atoms with Gasteiger partial charge in [0.2, 0.25) is 0 Å². The van der Waals surface area contributed by atoms with Gasteiger partial charge in [0.15, 0.2) is 12.3 Å². The third-order valence-electron chi connectivity index (χ3n) is 2.42. The predicted molar refractivity (Wildman–Crippen MR) is 72.5 cm³/mol. The van der Waals surface area contributed by atoms with Crippen molar-refractivity contribution in [3.05, 3.63) is 24.0 Å². The van der Waals surface area contributed by atoms with E-state index >= 15 is 0 Å². The fraction of sp³-hybridized carbons (Fsp3) is 0.636. The molecule has 0 saturated carbocycles. The maximum atomic E-state index is 12.3. The number of aliphatic hydroxyl groups excluding tert-OH is 1. The van der Waals surface area contributed by atoms with Gasteiger partial charge in [-0.3, -0.25) is 0 Å². The zero-order chi connectivity index (χ0) is 13.5. The van der Waals surface area contributed by atoms with Crippen molar-refractivity contribution in [3.8, 4) is 0 Å². The third-order valence-corrected chi connectivity index (χ3v) is 7.39. The van der Waals surface area contributed by atoms with Crippen molar-refractivity contribution in [1.82, 2.24) is 0 Å². The fourth-order valence-corrected chi connectivity index (χ4v) is 5.33. The van der Waals surface area contributed by atoms with Crippen LogP contribution in [0.3, 0.4) is 0 Å². The molecule has 0 saturated heterocycles. The molecule has 6 heteroatoms. The van der Waals surface area contributed by atoms with Gasteiger partial charge in [0.25, 0.3) is 0 Å². The third kappa shape index (κ3) is 7.00. The van der Waals surface area contributed by atoms with Crippen LogP contribution in [0, 0.1) is 12.3 Å². The minimum atomic E-state index is -2.96. The Kier molecular flexibility index (Phi) is 7.27. The second-order valence-electron chi connectivity index (χ2n) is 3.94. The van der Waals surface area contributed by atoms with Crippen LogP contribution in [-0.2, 0) is 13.4 Å². The van der Waals surface area contributed by atoms with Gasteiger partial charge in [0, 0.05) is 0 Å². The van der Waals surface area contributed by atoms with Gasteiger partial charge >= 0.3 is 14.7 Å². The van der Waals surface area contributed by atoms with Crippen molar-refractivity contribution in [1.29, 1.82) is 0 Å². The number of allylic oxidation sites excluding steroid dienone is 1. The Labute approximate surface area is 104 Å². The van der Waals surface area contributed by atoms with E-state index in [1.54, 1.807) is 19.9 Å². The van der Waals surface area contributed by atoms with Gasteiger partial charge in [-0.1, -0.05) is 11.6 Å². The predicted octanol–water partition coefficient (Wildman–Crippen LogP) is 3.88. The molecule has 0 aliphatic heterocycles.